The number of Topliss-reactive ketones (excluding diaryl/α,β-unsaturated/α-hetero) is 1. The summed E-state index contributed by atoms with van der Waals surface area (Å²) in [5, 5.41) is 49.4. The number of unbranched alkanes of at least 4 members (excludes halogenated alkanes) is 3. The number of ketones is 1. The smallest absolute Gasteiger partial charge is 0.317 e. The van der Waals surface area contributed by atoms with E-state index in [1.165, 1.54) is 6.42 Å². The molecule has 38 heteroatoms. The van der Waals surface area contributed by atoms with Gasteiger partial charge >= 0.3 is 17.9 Å². The maximum atomic E-state index is 13.3. The number of thioether (sulfide) groups is 1. The first-order valence-corrected chi connectivity index (χ1v) is 39.6. The summed E-state index contributed by atoms with van der Waals surface area (Å²) in [5.41, 5.74) is 13.2. The Bertz CT molecular complexity index is 2610. The topological polar surface area (TPSA) is 506 Å². The van der Waals surface area contributed by atoms with Gasteiger partial charge in [0.05, 0.1) is 105 Å². The van der Waals surface area contributed by atoms with Gasteiger partial charge in [-0.15, -0.1) is 17.5 Å². The first-order valence-electron chi connectivity index (χ1n) is 38.3. The Hall–Kier alpha value is -7.30. The Morgan fingerprint density at radius 3 is 1.05 bits per heavy atom. The van der Waals surface area contributed by atoms with Crippen LogP contribution in [0.5, 0.6) is 0 Å². The number of carboxylic acid groups (broad SMARTS) is 3. The van der Waals surface area contributed by atoms with Crippen LogP contribution in [0.3, 0.4) is 0 Å². The van der Waals surface area contributed by atoms with Crippen LogP contribution in [0.4, 0.5) is 0 Å². The third-order valence-electron chi connectivity index (χ3n) is 16.0. The predicted octanol–water partition coefficient (Wildman–Crippen LogP) is -0.782. The van der Waals surface area contributed by atoms with E-state index < -0.39 is 35.6 Å². The minimum Gasteiger partial charge on any atom is -0.480 e. The molecule has 0 aromatic rings. The van der Waals surface area contributed by atoms with E-state index in [2.05, 4.69) is 63.4 Å². The lowest BCUT2D eigenvalue weighted by Crippen LogP contribution is -2.50. The van der Waals surface area contributed by atoms with Crippen LogP contribution in [-0.2, 0) is 100 Å². The summed E-state index contributed by atoms with van der Waals surface area (Å²) in [4.78, 5) is 164. The van der Waals surface area contributed by atoms with Crippen molar-refractivity contribution in [3.05, 3.63) is 17.7 Å². The third kappa shape index (κ3) is 71.5. The molecule has 37 nitrogen and oxygen atoms in total. The molecular weight excluding hydrogens is 1470 g/mol. The fourth-order valence-electron chi connectivity index (χ4n) is 9.90. The molecule has 1 fully saturated rings. The summed E-state index contributed by atoms with van der Waals surface area (Å²) >= 11 is 1.60. The van der Waals surface area contributed by atoms with Crippen LogP contribution < -0.4 is 48.7 Å². The van der Waals surface area contributed by atoms with Crippen LogP contribution in [0.1, 0.15) is 119 Å². The highest BCUT2D eigenvalue weighted by Gasteiger charge is 2.24. The lowest BCUT2D eigenvalue weighted by molar-refractivity contribution is -0.140. The molecule has 0 radical (unpaired) electrons. The Morgan fingerprint density at radius 2 is 0.712 bits per heavy atom. The second-order valence-electron chi connectivity index (χ2n) is 26.0. The van der Waals surface area contributed by atoms with Gasteiger partial charge < -0.3 is 102 Å². The van der Waals surface area contributed by atoms with Gasteiger partial charge in [0, 0.05) is 142 Å². The maximum Gasteiger partial charge on any atom is 0.317 e. The van der Waals surface area contributed by atoms with Crippen LogP contribution in [0.25, 0.3) is 0 Å². The number of rotatable bonds is 65. The molecule has 1 aliphatic rings. The lowest BCUT2D eigenvalue weighted by atomic mass is 9.95. The SMILES string of the molecule is C=C=CSC.CCC.C[C@@H](CCCCNC(=O)COCCOCCNC(=O)COCCOCCNC(=O)CCCC(=O)NCCCCC(CC(=O)COCCOCCNC(=O)COCCOCCNC(=O)CN1CCN(CC(=O)O)CCN(CC(=O)O)CCN(CC(=O)O)CC1)C(=O)NCCCC[C@H](C)C(N)=O)C(N)=O.[HH]. The van der Waals surface area contributed by atoms with Gasteiger partial charge in [-0.2, -0.15) is 0 Å². The van der Waals surface area contributed by atoms with Crippen molar-refractivity contribution < 1.29 is 117 Å². The van der Waals surface area contributed by atoms with E-state index in [1.54, 1.807) is 50.6 Å². The fraction of sp³-hybridized carbons (Fsp3) is 0.781. The van der Waals surface area contributed by atoms with Gasteiger partial charge in [-0.1, -0.05) is 60.0 Å². The fourth-order valence-corrected chi connectivity index (χ4v) is 10.1. The summed E-state index contributed by atoms with van der Waals surface area (Å²) in [6, 6.07) is 0. The molecule has 0 spiro atoms. The first kappa shape index (κ1) is 106. The summed E-state index contributed by atoms with van der Waals surface area (Å²) in [6.07, 6.45) is 9.20. The number of carbonyl (C=O) groups excluding carboxylic acids is 10. The van der Waals surface area contributed by atoms with E-state index in [1.807, 2.05) is 6.26 Å². The monoisotopic (exact) mass is 1610 g/mol. The molecule has 14 N–H and O–H groups in total. The molecule has 1 saturated heterocycles. The number of aliphatic carboxylic acids is 3. The summed E-state index contributed by atoms with van der Waals surface area (Å²) in [6.45, 7) is 15.6. The molecule has 0 aliphatic carbocycles. The highest BCUT2D eigenvalue weighted by molar-refractivity contribution is 8.01. The number of hydrogen-bond acceptors (Lipinski definition) is 26. The summed E-state index contributed by atoms with van der Waals surface area (Å²) in [7, 11) is 0. The number of hydrogen-bond donors (Lipinski definition) is 12. The van der Waals surface area contributed by atoms with Crippen LogP contribution in [-0.4, -0.2) is 348 Å². The van der Waals surface area contributed by atoms with E-state index >= 15 is 0 Å². The number of carbonyl (C=O) groups is 13. The van der Waals surface area contributed by atoms with Crippen molar-refractivity contribution in [2.24, 2.45) is 29.2 Å². The molecular formula is C73H135N13O24S. The van der Waals surface area contributed by atoms with E-state index in [9.17, 15) is 77.6 Å². The Kier molecular flexibility index (Phi) is 70.6. The van der Waals surface area contributed by atoms with Gasteiger partial charge in [0.1, 0.15) is 26.4 Å². The third-order valence-corrected chi connectivity index (χ3v) is 16.4. The van der Waals surface area contributed by atoms with Crippen LogP contribution >= 0.6 is 11.8 Å². The van der Waals surface area contributed by atoms with Gasteiger partial charge in [0.2, 0.25) is 53.2 Å². The molecule has 111 heavy (non-hydrogen) atoms. The van der Waals surface area contributed by atoms with Crippen molar-refractivity contribution >= 4 is 88.6 Å². The molecule has 9 amide bonds. The summed E-state index contributed by atoms with van der Waals surface area (Å²) < 4.78 is 43.4. The van der Waals surface area contributed by atoms with Gasteiger partial charge in [-0.05, 0) is 51.2 Å². The average Bonchev–Trinajstić information content (AvgIpc) is 0.900. The second kappa shape index (κ2) is 74.1. The van der Waals surface area contributed by atoms with Crippen molar-refractivity contribution in [3.8, 4) is 0 Å². The van der Waals surface area contributed by atoms with E-state index in [0.717, 1.165) is 12.8 Å². The molecule has 0 saturated carbocycles. The number of nitrogens with two attached hydrogens (primary N) is 2. The van der Waals surface area contributed by atoms with E-state index in [0.29, 0.717) is 84.1 Å². The Labute approximate surface area is 660 Å². The normalized spacial score (nSPS) is 13.7. The highest BCUT2D eigenvalue weighted by atomic mass is 32.2. The van der Waals surface area contributed by atoms with Gasteiger partial charge in [-0.3, -0.25) is 81.9 Å². The minimum atomic E-state index is -1.05. The zero-order valence-corrected chi connectivity index (χ0v) is 67.2. The van der Waals surface area contributed by atoms with Crippen LogP contribution in [0.2, 0.25) is 0 Å². The lowest BCUT2D eigenvalue weighted by Gasteiger charge is -2.32. The van der Waals surface area contributed by atoms with Crippen LogP contribution in [0, 0.1) is 17.8 Å². The first-order chi connectivity index (χ1) is 53.3. The van der Waals surface area contributed by atoms with Crippen molar-refractivity contribution in [2.75, 3.05) is 236 Å². The van der Waals surface area contributed by atoms with Gasteiger partial charge in [-0.25, -0.2) is 0 Å². The molecule has 0 aromatic heterocycles. The molecule has 0 bridgehead atoms. The standard InChI is InChI=1S/C66H119N13O24.C4H6S.C3H8.H2/c1-51(64(67)93)10-3-6-16-70-58(84)48-101-39-37-99-33-21-74-60(86)49-102-40-35-96-30-18-71-56(82)14-9-13-55(81)69-15-8-5-12-53(66(95)75-17-7-4-11-52(2)65(68)94)42-54(80)47-100-38-34-98-32-20-73-59(85)50-103-41-36-97-31-19-72-57(83)43-76-22-24-77(44-61(87)88)26-28-79(46-63(91)92)29-27-78(25-23-76)45-62(89)90;1-3-4-5-2;1-3-2;/h51-53H,3-50H2,1-2H3,(H2,67,93)(H2,68,94)(H,69,81)(H,70,84)(H,71,82)(H,72,83)(H,73,85)(H,74,86)(H,75,95)(H,87,88)(H,89,90)(H,91,92);4H,1H2,2H3;3H2,1-2H3;1H/t51-,52-,53?;;;/m0.../s1. The zero-order chi connectivity index (χ0) is 82.9. The number of amides is 9. The van der Waals surface area contributed by atoms with Gasteiger partial charge in [0.15, 0.2) is 5.78 Å². The predicted molar refractivity (Wildman–Crippen MR) is 417 cm³/mol. The van der Waals surface area contributed by atoms with E-state index in [-0.39, 0.29) is 277 Å². The van der Waals surface area contributed by atoms with Crippen molar-refractivity contribution in [1.29, 1.82) is 0 Å². The number of primary amides is 2. The largest absolute Gasteiger partial charge is 0.480 e. The Morgan fingerprint density at radius 1 is 0.414 bits per heavy atom. The summed E-state index contributed by atoms with van der Waals surface area (Å²) in [5.74, 6) is -7.37. The number of nitrogens with one attached hydrogen (secondary N) is 7. The molecule has 0 aromatic carbocycles. The van der Waals surface area contributed by atoms with Crippen molar-refractivity contribution in [2.45, 2.75) is 118 Å². The number of carboxylic acids is 3. The average molecular weight is 1610 g/mol. The molecule has 1 rings (SSSR count). The molecule has 1 unspecified atom stereocenters. The minimum absolute atomic E-state index is 0. The number of ether oxygens (including phenoxy) is 8. The Balaban J connectivity index is -0.0000125. The molecule has 3 atom stereocenters. The highest BCUT2D eigenvalue weighted by Crippen LogP contribution is 2.15. The molecule has 1 heterocycles. The second-order valence-corrected chi connectivity index (χ2v) is 26.7. The quantitative estimate of drug-likeness (QED) is 0.0262. The molecule has 1 aliphatic heterocycles. The maximum absolute atomic E-state index is 13.3. The molecule has 642 valence electrons. The van der Waals surface area contributed by atoms with Gasteiger partial charge in [0.25, 0.3) is 0 Å². The van der Waals surface area contributed by atoms with E-state index in [4.69, 9.17) is 49.4 Å². The van der Waals surface area contributed by atoms with Crippen molar-refractivity contribution in [3.63, 3.8) is 0 Å². The number of nitrogens with zero attached hydrogens (tertiary/aromatic N) is 4. The van der Waals surface area contributed by atoms with Crippen LogP contribution in [0.15, 0.2) is 17.7 Å². The van der Waals surface area contributed by atoms with Crippen molar-refractivity contribution in [1.82, 2.24) is 56.8 Å². The zero-order valence-electron chi connectivity index (χ0n) is 66.4.